The molecule has 1 aromatic carbocycles. The summed E-state index contributed by atoms with van der Waals surface area (Å²) in [6.07, 6.45) is 0.127. The van der Waals surface area contributed by atoms with E-state index >= 15 is 0 Å². The van der Waals surface area contributed by atoms with E-state index in [0.29, 0.717) is 18.8 Å². The van der Waals surface area contributed by atoms with Crippen LogP contribution in [0.4, 0.5) is 5.69 Å². The number of esters is 1. The second-order valence-electron chi connectivity index (χ2n) is 6.90. The number of halogens is 1. The number of ether oxygens (including phenoxy) is 2. The lowest BCUT2D eigenvalue weighted by molar-refractivity contribution is -0.123. The molecule has 0 bridgehead atoms. The van der Waals surface area contributed by atoms with Crippen molar-refractivity contribution < 1.29 is 27.5 Å². The number of amides is 1. The molecule has 0 unspecified atom stereocenters. The van der Waals surface area contributed by atoms with E-state index in [1.165, 1.54) is 35.6 Å². The third kappa shape index (κ3) is 5.59. The number of anilines is 1. The van der Waals surface area contributed by atoms with E-state index in [-0.39, 0.29) is 34.4 Å². The minimum Gasteiger partial charge on any atom is -0.449 e. The molecule has 1 aromatic heterocycles. The maximum atomic E-state index is 13.0. The highest BCUT2D eigenvalue weighted by molar-refractivity contribution is 7.89. The van der Waals surface area contributed by atoms with Gasteiger partial charge in [0.1, 0.15) is 5.15 Å². The van der Waals surface area contributed by atoms with Crippen LogP contribution in [0.2, 0.25) is 5.15 Å². The third-order valence-electron chi connectivity index (χ3n) is 4.66. The number of rotatable bonds is 6. The molecule has 0 spiro atoms. The van der Waals surface area contributed by atoms with Crippen molar-refractivity contribution in [2.75, 3.05) is 31.6 Å². The van der Waals surface area contributed by atoms with Crippen molar-refractivity contribution in [3.05, 3.63) is 52.8 Å². The van der Waals surface area contributed by atoms with Gasteiger partial charge in [-0.25, -0.2) is 18.2 Å². The number of carbonyl (C=O) groups excluding carboxylic acids is 2. The number of pyridine rings is 1. The molecule has 1 fully saturated rings. The van der Waals surface area contributed by atoms with Gasteiger partial charge in [-0.15, -0.1) is 0 Å². The summed E-state index contributed by atoms with van der Waals surface area (Å²) >= 11 is 5.69. The number of benzene rings is 1. The summed E-state index contributed by atoms with van der Waals surface area (Å²) in [6.45, 7) is 4.30. The summed E-state index contributed by atoms with van der Waals surface area (Å²) in [7, 11) is -3.73. The van der Waals surface area contributed by atoms with Crippen LogP contribution in [0.15, 0.2) is 41.4 Å². The maximum absolute atomic E-state index is 13.0. The van der Waals surface area contributed by atoms with Gasteiger partial charge >= 0.3 is 5.97 Å². The fourth-order valence-electron chi connectivity index (χ4n) is 2.90. The van der Waals surface area contributed by atoms with Crippen molar-refractivity contribution >= 4 is 39.2 Å². The summed E-state index contributed by atoms with van der Waals surface area (Å²) < 4.78 is 37.7. The Hall–Kier alpha value is -2.53. The quantitative estimate of drug-likeness (QED) is 0.511. The zero-order chi connectivity index (χ0) is 22.6. The first-order valence-corrected chi connectivity index (χ1v) is 11.3. The number of aromatic nitrogens is 1. The van der Waals surface area contributed by atoms with Crippen LogP contribution in [0.3, 0.4) is 0 Å². The second-order valence-corrected chi connectivity index (χ2v) is 9.20. The average molecular weight is 468 g/mol. The SMILES string of the molecule is Cc1ccc(NC(=O)[C@H](C)OC(=O)c2ccc(Cl)nc2)cc1S(=O)(=O)N1CCOCC1. The molecule has 166 valence electrons. The standard InChI is InChI=1S/C20H22ClN3O6S/c1-13-3-5-16(11-17(13)31(27,28)24-7-9-29-10-8-24)23-19(25)14(2)30-20(26)15-4-6-18(21)22-12-15/h3-6,11-12,14H,7-10H2,1-2H3,(H,23,25)/t14-/m0/s1. The van der Waals surface area contributed by atoms with Crippen LogP contribution in [0.25, 0.3) is 0 Å². The monoisotopic (exact) mass is 467 g/mol. The zero-order valence-electron chi connectivity index (χ0n) is 17.0. The van der Waals surface area contributed by atoms with Gasteiger partial charge in [0.25, 0.3) is 5.91 Å². The lowest BCUT2D eigenvalue weighted by Gasteiger charge is -2.27. The molecule has 0 aliphatic carbocycles. The Balaban J connectivity index is 1.70. The average Bonchev–Trinajstić information content (AvgIpc) is 2.76. The van der Waals surface area contributed by atoms with Crippen LogP contribution in [0.5, 0.6) is 0 Å². The number of sulfonamides is 1. The van der Waals surface area contributed by atoms with Gasteiger partial charge in [0.15, 0.2) is 6.10 Å². The highest BCUT2D eigenvalue weighted by atomic mass is 35.5. The third-order valence-corrected chi connectivity index (χ3v) is 6.92. The van der Waals surface area contributed by atoms with E-state index in [0.717, 1.165) is 0 Å². The molecule has 2 aromatic rings. The molecule has 3 rings (SSSR count). The molecule has 0 saturated carbocycles. The fraction of sp³-hybridized carbons (Fsp3) is 0.350. The number of aryl methyl sites for hydroxylation is 1. The van der Waals surface area contributed by atoms with Crippen molar-refractivity contribution in [2.45, 2.75) is 24.8 Å². The van der Waals surface area contributed by atoms with Crippen LogP contribution in [0.1, 0.15) is 22.8 Å². The van der Waals surface area contributed by atoms with E-state index in [9.17, 15) is 18.0 Å². The first-order valence-electron chi connectivity index (χ1n) is 9.50. The Morgan fingerprint density at radius 2 is 1.94 bits per heavy atom. The molecule has 1 aliphatic heterocycles. The molecule has 31 heavy (non-hydrogen) atoms. The number of nitrogens with zero attached hydrogens (tertiary/aromatic N) is 2. The Morgan fingerprint density at radius 3 is 2.58 bits per heavy atom. The summed E-state index contributed by atoms with van der Waals surface area (Å²) in [4.78, 5) is 28.5. The Labute approximate surface area is 185 Å². The minimum absolute atomic E-state index is 0.101. The molecule has 1 saturated heterocycles. The van der Waals surface area contributed by atoms with E-state index in [2.05, 4.69) is 10.3 Å². The van der Waals surface area contributed by atoms with E-state index < -0.39 is 28.0 Å². The first-order chi connectivity index (χ1) is 14.7. The predicted molar refractivity (Wildman–Crippen MR) is 114 cm³/mol. The van der Waals surface area contributed by atoms with Crippen LogP contribution in [-0.4, -0.2) is 62.0 Å². The van der Waals surface area contributed by atoms with Crippen molar-refractivity contribution in [3.8, 4) is 0 Å². The van der Waals surface area contributed by atoms with Crippen molar-refractivity contribution in [1.29, 1.82) is 0 Å². The molecule has 9 nitrogen and oxygen atoms in total. The van der Waals surface area contributed by atoms with Crippen molar-refractivity contribution in [1.82, 2.24) is 9.29 Å². The number of morpholine rings is 1. The van der Waals surface area contributed by atoms with Crippen molar-refractivity contribution in [2.24, 2.45) is 0 Å². The first kappa shape index (κ1) is 23.1. The van der Waals surface area contributed by atoms with Crippen LogP contribution >= 0.6 is 11.6 Å². The Morgan fingerprint density at radius 1 is 1.23 bits per heavy atom. The Bertz CT molecular complexity index is 1070. The van der Waals surface area contributed by atoms with Crippen LogP contribution in [0, 0.1) is 6.92 Å². The number of nitrogens with one attached hydrogen (secondary N) is 1. The highest BCUT2D eigenvalue weighted by Gasteiger charge is 2.28. The molecule has 0 radical (unpaired) electrons. The predicted octanol–water partition coefficient (Wildman–Crippen LogP) is 2.25. The largest absolute Gasteiger partial charge is 0.449 e. The normalized spacial score (nSPS) is 15.8. The summed E-state index contributed by atoms with van der Waals surface area (Å²) in [5, 5.41) is 2.82. The molecule has 1 N–H and O–H groups in total. The molecule has 1 aliphatic rings. The van der Waals surface area contributed by atoms with Gasteiger partial charge < -0.3 is 14.8 Å². The number of hydrogen-bond donors (Lipinski definition) is 1. The lowest BCUT2D eigenvalue weighted by Crippen LogP contribution is -2.40. The van der Waals surface area contributed by atoms with Gasteiger partial charge in [-0.2, -0.15) is 4.31 Å². The highest BCUT2D eigenvalue weighted by Crippen LogP contribution is 2.24. The smallest absolute Gasteiger partial charge is 0.340 e. The van der Waals surface area contributed by atoms with Crippen molar-refractivity contribution in [3.63, 3.8) is 0 Å². The molecule has 2 heterocycles. The summed E-state index contributed by atoms with van der Waals surface area (Å²) in [5.74, 6) is -1.33. The molecule has 1 amide bonds. The molecule has 11 heteroatoms. The van der Waals surface area contributed by atoms with Gasteiger partial charge in [-0.05, 0) is 43.7 Å². The number of carbonyl (C=O) groups is 2. The van der Waals surface area contributed by atoms with E-state index in [1.807, 2.05) is 0 Å². The van der Waals surface area contributed by atoms with Gasteiger partial charge in [0.2, 0.25) is 10.0 Å². The lowest BCUT2D eigenvalue weighted by atomic mass is 10.2. The second kappa shape index (κ2) is 9.73. The summed E-state index contributed by atoms with van der Waals surface area (Å²) in [6, 6.07) is 7.47. The van der Waals surface area contributed by atoms with Gasteiger partial charge in [0.05, 0.1) is 23.7 Å². The van der Waals surface area contributed by atoms with Gasteiger partial charge in [-0.3, -0.25) is 4.79 Å². The zero-order valence-corrected chi connectivity index (χ0v) is 18.6. The molecular weight excluding hydrogens is 446 g/mol. The van der Waals surface area contributed by atoms with Crippen LogP contribution in [-0.2, 0) is 24.3 Å². The summed E-state index contributed by atoms with van der Waals surface area (Å²) in [5.41, 5.74) is 0.982. The maximum Gasteiger partial charge on any atom is 0.340 e. The topological polar surface area (TPSA) is 115 Å². The fourth-order valence-corrected chi connectivity index (χ4v) is 4.67. The molecular formula is C20H22ClN3O6S. The number of hydrogen-bond acceptors (Lipinski definition) is 7. The van der Waals surface area contributed by atoms with Gasteiger partial charge in [-0.1, -0.05) is 17.7 Å². The van der Waals surface area contributed by atoms with E-state index in [1.54, 1.807) is 19.1 Å². The van der Waals surface area contributed by atoms with E-state index in [4.69, 9.17) is 21.1 Å². The van der Waals surface area contributed by atoms with Gasteiger partial charge in [0, 0.05) is 25.0 Å². The molecule has 1 atom stereocenters. The van der Waals surface area contributed by atoms with Crippen LogP contribution < -0.4 is 5.32 Å². The Kier molecular flexibility index (Phi) is 7.26. The minimum atomic E-state index is -3.73.